The summed E-state index contributed by atoms with van der Waals surface area (Å²) in [6.45, 7) is 3.96. The lowest BCUT2D eigenvalue weighted by molar-refractivity contribution is -0.137. The molecule has 1 unspecified atom stereocenters. The van der Waals surface area contributed by atoms with Gasteiger partial charge >= 0.3 is 5.97 Å². The maximum Gasteiger partial charge on any atom is 0.303 e. The fourth-order valence-electron chi connectivity index (χ4n) is 3.38. The zero-order chi connectivity index (χ0) is 18.0. The molecule has 1 N–H and O–H groups in total. The molecule has 3 heteroatoms. The number of hydrogen-bond donors (Lipinski definition) is 1. The molecule has 0 aliphatic carbocycles. The van der Waals surface area contributed by atoms with Crippen molar-refractivity contribution in [3.05, 3.63) is 0 Å². The van der Waals surface area contributed by atoms with E-state index in [1.807, 2.05) is 0 Å². The number of aliphatic carboxylic acids is 1. The van der Waals surface area contributed by atoms with Crippen LogP contribution in [0.25, 0.3) is 0 Å². The summed E-state index contributed by atoms with van der Waals surface area (Å²) < 4.78 is 0. The molecule has 0 bridgehead atoms. The second-order valence-electron chi connectivity index (χ2n) is 7.38. The topological polar surface area (TPSA) is 54.4 Å². The second kappa shape index (κ2) is 17.0. The number of rotatable bonds is 18. The number of carbonyl (C=O) groups is 2. The molecule has 0 saturated carbocycles. The fourth-order valence-corrected chi connectivity index (χ4v) is 3.38. The summed E-state index contributed by atoms with van der Waals surface area (Å²) in [4.78, 5) is 21.9. The Balaban J connectivity index is 3.64. The van der Waals surface area contributed by atoms with Gasteiger partial charge in [0, 0.05) is 12.8 Å². The number of carboxylic acids is 1. The Kier molecular flexibility index (Phi) is 16.4. The first-order chi connectivity index (χ1) is 11.6. The lowest BCUT2D eigenvalue weighted by atomic mass is 9.90. The van der Waals surface area contributed by atoms with Crippen molar-refractivity contribution in [2.45, 2.75) is 117 Å². The summed E-state index contributed by atoms with van der Waals surface area (Å²) in [7, 11) is 0. The first-order valence-corrected chi connectivity index (χ1v) is 10.3. The van der Waals surface area contributed by atoms with Crippen LogP contribution in [0.1, 0.15) is 117 Å². The van der Waals surface area contributed by atoms with Gasteiger partial charge in [0.1, 0.15) is 5.78 Å². The maximum atomic E-state index is 11.4. The summed E-state index contributed by atoms with van der Waals surface area (Å²) in [6, 6.07) is 0. The maximum absolute atomic E-state index is 11.4. The van der Waals surface area contributed by atoms with Gasteiger partial charge < -0.3 is 9.90 Å². The molecule has 0 aliphatic rings. The van der Waals surface area contributed by atoms with Crippen molar-refractivity contribution in [2.24, 2.45) is 5.92 Å². The Labute approximate surface area is 149 Å². The molecule has 0 spiro atoms. The molecule has 142 valence electrons. The minimum Gasteiger partial charge on any atom is -0.481 e. The molecule has 0 radical (unpaired) electrons. The standard InChI is InChI=1S/C21H40O3/c1-3-4-5-6-9-12-15-20(18-19(2)22)16-13-10-7-8-11-14-17-21(23)24/h20H,3-18H2,1-2H3,(H,23,24). The SMILES string of the molecule is CCCCCCCCC(CCCCCCCCC(=O)O)CC(C)=O. The van der Waals surface area contributed by atoms with Gasteiger partial charge in [0.2, 0.25) is 0 Å². The van der Waals surface area contributed by atoms with Gasteiger partial charge in [-0.1, -0.05) is 90.4 Å². The van der Waals surface area contributed by atoms with E-state index in [4.69, 9.17) is 5.11 Å². The summed E-state index contributed by atoms with van der Waals surface area (Å²) in [5.74, 6) is 0.233. The van der Waals surface area contributed by atoms with Crippen molar-refractivity contribution in [3.8, 4) is 0 Å². The third-order valence-corrected chi connectivity index (χ3v) is 4.80. The Hall–Kier alpha value is -0.860. The molecule has 0 aromatic carbocycles. The Bertz CT molecular complexity index is 312. The number of carbonyl (C=O) groups excluding carboxylic acids is 1. The van der Waals surface area contributed by atoms with Crippen LogP contribution in [0.15, 0.2) is 0 Å². The van der Waals surface area contributed by atoms with Gasteiger partial charge in [-0.2, -0.15) is 0 Å². The number of carboxylic acid groups (broad SMARTS) is 1. The van der Waals surface area contributed by atoms with Crippen LogP contribution in [0.2, 0.25) is 0 Å². The predicted octanol–water partition coefficient (Wildman–Crippen LogP) is 6.54. The van der Waals surface area contributed by atoms with Crippen molar-refractivity contribution in [1.82, 2.24) is 0 Å². The molecule has 1 atom stereocenters. The fraction of sp³-hybridized carbons (Fsp3) is 0.905. The highest BCUT2D eigenvalue weighted by Gasteiger charge is 2.11. The molecule has 0 saturated heterocycles. The van der Waals surface area contributed by atoms with Crippen LogP contribution in [-0.4, -0.2) is 16.9 Å². The molecule has 0 aliphatic heterocycles. The third kappa shape index (κ3) is 17.5. The quantitative estimate of drug-likeness (QED) is 0.288. The molecule has 0 aromatic heterocycles. The van der Waals surface area contributed by atoms with Crippen molar-refractivity contribution < 1.29 is 14.7 Å². The van der Waals surface area contributed by atoms with E-state index in [1.165, 1.54) is 70.6 Å². The monoisotopic (exact) mass is 340 g/mol. The van der Waals surface area contributed by atoms with Gasteiger partial charge in [0.25, 0.3) is 0 Å². The van der Waals surface area contributed by atoms with E-state index in [-0.39, 0.29) is 0 Å². The second-order valence-corrected chi connectivity index (χ2v) is 7.38. The van der Waals surface area contributed by atoms with E-state index in [1.54, 1.807) is 6.92 Å². The molecule has 0 fully saturated rings. The highest BCUT2D eigenvalue weighted by atomic mass is 16.4. The Morgan fingerprint density at radius 2 is 1.21 bits per heavy atom. The number of hydrogen-bond acceptors (Lipinski definition) is 2. The summed E-state index contributed by atoms with van der Waals surface area (Å²) in [5, 5.41) is 8.59. The van der Waals surface area contributed by atoms with Crippen LogP contribution >= 0.6 is 0 Å². The Morgan fingerprint density at radius 1 is 0.750 bits per heavy atom. The molecular weight excluding hydrogens is 300 g/mol. The molecule has 0 rings (SSSR count). The largest absolute Gasteiger partial charge is 0.481 e. The molecule has 24 heavy (non-hydrogen) atoms. The molecule has 0 amide bonds. The van der Waals surface area contributed by atoms with Crippen LogP contribution in [-0.2, 0) is 9.59 Å². The average Bonchev–Trinajstić information content (AvgIpc) is 2.52. The van der Waals surface area contributed by atoms with Gasteiger partial charge in [-0.15, -0.1) is 0 Å². The van der Waals surface area contributed by atoms with Gasteiger partial charge in [0.05, 0.1) is 0 Å². The zero-order valence-corrected chi connectivity index (χ0v) is 16.2. The van der Waals surface area contributed by atoms with E-state index in [0.717, 1.165) is 25.7 Å². The molecule has 0 aromatic rings. The van der Waals surface area contributed by atoms with Crippen LogP contribution < -0.4 is 0 Å². The van der Waals surface area contributed by atoms with Gasteiger partial charge in [0.15, 0.2) is 0 Å². The third-order valence-electron chi connectivity index (χ3n) is 4.80. The highest BCUT2D eigenvalue weighted by Crippen LogP contribution is 2.22. The van der Waals surface area contributed by atoms with Crippen LogP contribution in [0.5, 0.6) is 0 Å². The summed E-state index contributed by atoms with van der Waals surface area (Å²) in [6.07, 6.45) is 18.0. The predicted molar refractivity (Wildman–Crippen MR) is 101 cm³/mol. The van der Waals surface area contributed by atoms with Crippen LogP contribution in [0.3, 0.4) is 0 Å². The van der Waals surface area contributed by atoms with E-state index in [2.05, 4.69) is 6.92 Å². The van der Waals surface area contributed by atoms with Crippen molar-refractivity contribution in [2.75, 3.05) is 0 Å². The summed E-state index contributed by atoms with van der Waals surface area (Å²) >= 11 is 0. The Morgan fingerprint density at radius 3 is 1.67 bits per heavy atom. The molecule has 3 nitrogen and oxygen atoms in total. The van der Waals surface area contributed by atoms with E-state index in [0.29, 0.717) is 18.1 Å². The summed E-state index contributed by atoms with van der Waals surface area (Å²) in [5.41, 5.74) is 0. The number of unbranched alkanes of at least 4 members (excludes halogenated alkanes) is 10. The van der Waals surface area contributed by atoms with Crippen LogP contribution in [0.4, 0.5) is 0 Å². The van der Waals surface area contributed by atoms with E-state index < -0.39 is 5.97 Å². The lowest BCUT2D eigenvalue weighted by Gasteiger charge is -2.15. The van der Waals surface area contributed by atoms with Gasteiger partial charge in [-0.25, -0.2) is 0 Å². The average molecular weight is 341 g/mol. The van der Waals surface area contributed by atoms with Gasteiger partial charge in [-0.3, -0.25) is 4.79 Å². The van der Waals surface area contributed by atoms with Crippen molar-refractivity contribution in [1.29, 1.82) is 0 Å². The van der Waals surface area contributed by atoms with Crippen LogP contribution in [0, 0.1) is 5.92 Å². The van der Waals surface area contributed by atoms with Crippen molar-refractivity contribution >= 4 is 11.8 Å². The minimum absolute atomic E-state index is 0.305. The number of ketones is 1. The highest BCUT2D eigenvalue weighted by molar-refractivity contribution is 5.75. The van der Waals surface area contributed by atoms with E-state index in [9.17, 15) is 9.59 Å². The molecule has 0 heterocycles. The molecular formula is C21H40O3. The van der Waals surface area contributed by atoms with E-state index >= 15 is 0 Å². The van der Waals surface area contributed by atoms with Gasteiger partial charge in [-0.05, 0) is 19.3 Å². The normalized spacial score (nSPS) is 12.2. The minimum atomic E-state index is -0.684. The van der Waals surface area contributed by atoms with Crippen molar-refractivity contribution in [3.63, 3.8) is 0 Å². The first-order valence-electron chi connectivity index (χ1n) is 10.3. The lowest BCUT2D eigenvalue weighted by Crippen LogP contribution is -2.06. The smallest absolute Gasteiger partial charge is 0.303 e. The zero-order valence-electron chi connectivity index (χ0n) is 16.2. The number of Topliss-reactive ketones (excluding diaryl/α,β-unsaturated/α-hetero) is 1. The first kappa shape index (κ1) is 23.1.